The fourth-order valence-electron chi connectivity index (χ4n) is 8.74. The van der Waals surface area contributed by atoms with Gasteiger partial charge in [0.15, 0.2) is 0 Å². The number of ether oxygens (including phenoxy) is 1. The van der Waals surface area contributed by atoms with Crippen LogP contribution < -0.4 is 0 Å². The van der Waals surface area contributed by atoms with Crippen LogP contribution in [-0.4, -0.2) is 17.9 Å². The fourth-order valence-corrected chi connectivity index (χ4v) is 9.19. The summed E-state index contributed by atoms with van der Waals surface area (Å²) in [7, 11) is 0. The Balaban J connectivity index is 1.33. The molecule has 7 atom stereocenters. The highest BCUT2D eigenvalue weighted by atomic mass is 127. The van der Waals surface area contributed by atoms with Crippen LogP contribution in [0.4, 0.5) is 0 Å². The van der Waals surface area contributed by atoms with Crippen LogP contribution in [0.15, 0.2) is 23.8 Å². The molecule has 0 aliphatic heterocycles. The Labute approximate surface area is 218 Å². The molecule has 0 radical (unpaired) electrons. The van der Waals surface area contributed by atoms with Gasteiger partial charge in [-0.3, -0.25) is 4.79 Å². The highest BCUT2D eigenvalue weighted by molar-refractivity contribution is 14.1. The molecule has 4 aliphatic carbocycles. The molecule has 34 heavy (non-hydrogen) atoms. The highest BCUT2D eigenvalue weighted by Crippen LogP contribution is 2.66. The van der Waals surface area contributed by atoms with Crippen LogP contribution in [0.5, 0.6) is 0 Å². The van der Waals surface area contributed by atoms with Crippen LogP contribution in [0, 0.1) is 51.9 Å². The number of benzene rings is 1. The molecule has 0 saturated heterocycles. The summed E-state index contributed by atoms with van der Waals surface area (Å²) < 4.78 is 7.24. The predicted molar refractivity (Wildman–Crippen MR) is 144 cm³/mol. The van der Waals surface area contributed by atoms with E-state index in [1.807, 2.05) is 26.8 Å². The summed E-state index contributed by atoms with van der Waals surface area (Å²) in [6.07, 6.45) is 11.3. The number of hydrogen-bond acceptors (Lipinski definition) is 3. The fraction of sp³-hybridized carbons (Fsp3) is 0.667. The number of rotatable bonds is 3. The lowest BCUT2D eigenvalue weighted by Gasteiger charge is -2.58. The monoisotopic (exact) mass is 574 g/mol. The van der Waals surface area contributed by atoms with Crippen LogP contribution in [0.3, 0.4) is 0 Å². The molecule has 0 heterocycles. The van der Waals surface area contributed by atoms with Crippen molar-refractivity contribution in [3.05, 3.63) is 44.0 Å². The minimum atomic E-state index is -0.161. The second-order valence-corrected chi connectivity index (χ2v) is 13.3. The Morgan fingerprint density at radius 2 is 1.79 bits per heavy atom. The number of fused-ring (bicyclic) bond motifs is 5. The Morgan fingerprint density at radius 1 is 1.03 bits per heavy atom. The maximum absolute atomic E-state index is 13.1. The van der Waals surface area contributed by atoms with Gasteiger partial charge in [0.2, 0.25) is 0 Å². The van der Waals surface area contributed by atoms with Crippen molar-refractivity contribution in [2.24, 2.45) is 34.5 Å². The van der Waals surface area contributed by atoms with Crippen molar-refractivity contribution in [1.82, 2.24) is 0 Å². The molecule has 1 aromatic carbocycles. The zero-order valence-electron chi connectivity index (χ0n) is 21.4. The number of esters is 1. The molecule has 0 unspecified atom stereocenters. The number of carbonyl (C=O) groups excluding carboxylic acids is 2. The maximum Gasteiger partial charge on any atom is 0.338 e. The van der Waals surface area contributed by atoms with Crippen molar-refractivity contribution >= 4 is 34.3 Å². The van der Waals surface area contributed by atoms with E-state index in [1.54, 1.807) is 0 Å². The summed E-state index contributed by atoms with van der Waals surface area (Å²) >= 11 is 2.30. The van der Waals surface area contributed by atoms with E-state index in [9.17, 15) is 9.59 Å². The summed E-state index contributed by atoms with van der Waals surface area (Å²) in [6, 6.07) is 4.08. The van der Waals surface area contributed by atoms with Crippen molar-refractivity contribution in [3.8, 4) is 0 Å². The quantitative estimate of drug-likeness (QED) is 0.212. The molecule has 0 N–H and O–H groups in total. The number of allylic oxidation sites excluding steroid dienone is 1. The first-order valence-corrected chi connectivity index (χ1v) is 14.3. The van der Waals surface area contributed by atoms with E-state index in [4.69, 9.17) is 4.74 Å². The lowest BCUT2D eigenvalue weighted by Crippen LogP contribution is -2.51. The zero-order valence-corrected chi connectivity index (χ0v) is 23.5. The molecule has 0 spiro atoms. The number of ketones is 1. The van der Waals surface area contributed by atoms with Crippen molar-refractivity contribution in [1.29, 1.82) is 0 Å². The second-order valence-electron chi connectivity index (χ2n) is 12.2. The first-order valence-electron chi connectivity index (χ1n) is 13.2. The number of aryl methyl sites for hydroxylation is 1. The molecule has 1 aromatic rings. The molecule has 3 fully saturated rings. The van der Waals surface area contributed by atoms with Crippen molar-refractivity contribution in [3.63, 3.8) is 0 Å². The standard InChI is InChI=1S/C30H39IO3/c1-17-6-11-26(31)18(2)27(17)28(33)34-21-12-14-29(4)20(16-21)7-8-22-24-10-9-23(19(3)32)30(24,5)15-13-25(22)29/h6-7,11,21-25H,8-10,12-16H2,1-5H3/t21-,22-,23+,24-,25-,29-,30+/m0/s1. The van der Waals surface area contributed by atoms with Crippen molar-refractivity contribution < 1.29 is 14.3 Å². The Kier molecular flexibility index (Phi) is 6.30. The van der Waals surface area contributed by atoms with Gasteiger partial charge in [-0.2, -0.15) is 0 Å². The van der Waals surface area contributed by atoms with Crippen molar-refractivity contribution in [2.45, 2.75) is 92.1 Å². The number of hydrogen-bond donors (Lipinski definition) is 0. The topological polar surface area (TPSA) is 43.4 Å². The Morgan fingerprint density at radius 3 is 2.53 bits per heavy atom. The third-order valence-electron chi connectivity index (χ3n) is 10.6. The summed E-state index contributed by atoms with van der Waals surface area (Å²) in [6.45, 7) is 10.7. The minimum absolute atomic E-state index is 0.0255. The van der Waals surface area contributed by atoms with Gasteiger partial charge in [-0.05, 0) is 134 Å². The minimum Gasteiger partial charge on any atom is -0.458 e. The van der Waals surface area contributed by atoms with Gasteiger partial charge < -0.3 is 4.74 Å². The maximum atomic E-state index is 13.1. The second kappa shape index (κ2) is 8.74. The largest absolute Gasteiger partial charge is 0.458 e. The van der Waals surface area contributed by atoms with E-state index in [0.717, 1.165) is 52.4 Å². The third-order valence-corrected chi connectivity index (χ3v) is 11.8. The van der Waals surface area contributed by atoms with E-state index in [1.165, 1.54) is 24.8 Å². The molecule has 0 bridgehead atoms. The number of carbonyl (C=O) groups is 2. The first kappa shape index (κ1) is 24.5. The zero-order chi connectivity index (χ0) is 24.4. The van der Waals surface area contributed by atoms with E-state index in [2.05, 4.69) is 48.6 Å². The van der Waals surface area contributed by atoms with Crippen LogP contribution in [0.25, 0.3) is 0 Å². The molecule has 4 aliphatic rings. The summed E-state index contributed by atoms with van der Waals surface area (Å²) in [5.41, 5.74) is 4.70. The SMILES string of the molecule is CC(=O)[C@H]1CC[C@H]2[C@@H]3CC=C4C[C@@H](OC(=O)c5c(C)ccc(I)c5C)CC[C@]4(C)[C@H]3CC[C@]12C. The lowest BCUT2D eigenvalue weighted by molar-refractivity contribution is -0.127. The Bertz CT molecular complexity index is 1060. The highest BCUT2D eigenvalue weighted by Gasteiger charge is 2.59. The van der Waals surface area contributed by atoms with E-state index < -0.39 is 0 Å². The lowest BCUT2D eigenvalue weighted by atomic mass is 9.47. The summed E-state index contributed by atoms with van der Waals surface area (Å²) in [5.74, 6) is 2.59. The van der Waals surface area contributed by atoms with Gasteiger partial charge in [-0.1, -0.05) is 31.6 Å². The molecule has 184 valence electrons. The summed E-state index contributed by atoms with van der Waals surface area (Å²) in [5, 5.41) is 0. The van der Waals surface area contributed by atoms with Gasteiger partial charge in [-0.25, -0.2) is 4.79 Å². The smallest absolute Gasteiger partial charge is 0.338 e. The van der Waals surface area contributed by atoms with Gasteiger partial charge >= 0.3 is 5.97 Å². The average Bonchev–Trinajstić information content (AvgIpc) is 3.14. The van der Waals surface area contributed by atoms with Gasteiger partial charge in [0.05, 0.1) is 5.56 Å². The molecule has 3 saturated carbocycles. The molecule has 5 rings (SSSR count). The average molecular weight is 575 g/mol. The molecular formula is C30H39IO3. The van der Waals surface area contributed by atoms with Gasteiger partial charge in [-0.15, -0.1) is 0 Å². The molecule has 4 heteroatoms. The van der Waals surface area contributed by atoms with E-state index in [0.29, 0.717) is 23.5 Å². The van der Waals surface area contributed by atoms with Crippen LogP contribution >= 0.6 is 22.6 Å². The van der Waals surface area contributed by atoms with Gasteiger partial charge in [0, 0.05) is 15.9 Å². The molecular weight excluding hydrogens is 535 g/mol. The predicted octanol–water partition coefficient (Wildman–Crippen LogP) is 7.60. The van der Waals surface area contributed by atoms with Gasteiger partial charge in [0.25, 0.3) is 0 Å². The third kappa shape index (κ3) is 3.72. The van der Waals surface area contributed by atoms with Gasteiger partial charge in [0.1, 0.15) is 11.9 Å². The van der Waals surface area contributed by atoms with E-state index >= 15 is 0 Å². The number of Topliss-reactive ketones (excluding diaryl/α,β-unsaturated/α-hetero) is 1. The summed E-state index contributed by atoms with van der Waals surface area (Å²) in [4.78, 5) is 25.5. The molecule has 0 amide bonds. The van der Waals surface area contributed by atoms with Crippen LogP contribution in [0.2, 0.25) is 0 Å². The van der Waals surface area contributed by atoms with Crippen molar-refractivity contribution in [2.75, 3.05) is 0 Å². The molecule has 3 nitrogen and oxygen atoms in total. The first-order chi connectivity index (χ1) is 16.1. The Hall–Kier alpha value is -1.17. The molecule has 0 aromatic heterocycles. The number of halogens is 1. The van der Waals surface area contributed by atoms with E-state index in [-0.39, 0.29) is 28.8 Å². The van der Waals surface area contributed by atoms with Crippen LogP contribution in [-0.2, 0) is 9.53 Å². The van der Waals surface area contributed by atoms with Crippen LogP contribution in [0.1, 0.15) is 93.6 Å². The normalized spacial score (nSPS) is 38.9.